The van der Waals surface area contributed by atoms with E-state index in [1.165, 1.54) is 18.2 Å². The number of nitro groups is 1. The second-order valence-corrected chi connectivity index (χ2v) is 6.99. The van der Waals surface area contributed by atoms with Crippen LogP contribution in [0.1, 0.15) is 38.2 Å². The summed E-state index contributed by atoms with van der Waals surface area (Å²) in [4.78, 5) is 48.5. The van der Waals surface area contributed by atoms with Crippen LogP contribution in [-0.2, 0) is 20.9 Å². The van der Waals surface area contributed by atoms with Crippen LogP contribution < -0.4 is 5.32 Å². The van der Waals surface area contributed by atoms with Gasteiger partial charge in [-0.25, -0.2) is 4.79 Å². The lowest BCUT2D eigenvalue weighted by atomic mass is 9.73. The molecule has 0 bridgehead atoms. The molecule has 144 valence electrons. The molecule has 1 aromatic carbocycles. The zero-order valence-electron chi connectivity index (χ0n) is 15.0. The van der Waals surface area contributed by atoms with Crippen molar-refractivity contribution in [1.82, 2.24) is 10.2 Å². The summed E-state index contributed by atoms with van der Waals surface area (Å²) in [6, 6.07) is 5.31. The third kappa shape index (κ3) is 3.49. The minimum Gasteiger partial charge on any atom is -0.459 e. The van der Waals surface area contributed by atoms with Gasteiger partial charge in [-0.05, 0) is 24.8 Å². The van der Waals surface area contributed by atoms with Crippen LogP contribution in [0.15, 0.2) is 24.3 Å². The van der Waals surface area contributed by atoms with Gasteiger partial charge < -0.3 is 10.1 Å². The standard InChI is InChI=1S/C18H21N3O6/c1-12-6-4-5-9-18(12)16(23)20(17(24)19-18)10-15(22)27-11-13-7-2-3-8-14(13)21(25)26/h2-3,7-8,12H,4-6,9-11H2,1H3,(H,19,24)/t12-,18-/m1/s1. The van der Waals surface area contributed by atoms with Crippen LogP contribution in [0.25, 0.3) is 0 Å². The monoisotopic (exact) mass is 375 g/mol. The van der Waals surface area contributed by atoms with Crippen LogP contribution in [0.5, 0.6) is 0 Å². The number of para-hydroxylation sites is 1. The molecule has 1 saturated heterocycles. The molecule has 1 aliphatic carbocycles. The molecule has 1 saturated carbocycles. The minimum absolute atomic E-state index is 0.00399. The summed E-state index contributed by atoms with van der Waals surface area (Å²) in [6.07, 6.45) is 3.23. The largest absolute Gasteiger partial charge is 0.459 e. The Balaban J connectivity index is 1.64. The number of carbonyl (C=O) groups excluding carboxylic acids is 3. The molecule has 9 nitrogen and oxygen atoms in total. The van der Waals surface area contributed by atoms with Crippen LogP contribution in [0, 0.1) is 16.0 Å². The summed E-state index contributed by atoms with van der Waals surface area (Å²) in [6.45, 7) is 1.11. The first-order valence-electron chi connectivity index (χ1n) is 8.87. The Kier molecular flexibility index (Phi) is 5.11. The Bertz CT molecular complexity index is 795. The van der Waals surface area contributed by atoms with Gasteiger partial charge in [0.15, 0.2) is 0 Å². The minimum atomic E-state index is -0.937. The van der Waals surface area contributed by atoms with Gasteiger partial charge in [0.2, 0.25) is 0 Å². The van der Waals surface area contributed by atoms with Gasteiger partial charge in [-0.2, -0.15) is 0 Å². The first-order chi connectivity index (χ1) is 12.8. The average molecular weight is 375 g/mol. The van der Waals surface area contributed by atoms with Gasteiger partial charge in [0, 0.05) is 6.07 Å². The van der Waals surface area contributed by atoms with E-state index in [2.05, 4.69) is 5.32 Å². The smallest absolute Gasteiger partial charge is 0.326 e. The second-order valence-electron chi connectivity index (χ2n) is 6.99. The highest BCUT2D eigenvalue weighted by Crippen LogP contribution is 2.38. The lowest BCUT2D eigenvalue weighted by Crippen LogP contribution is -2.54. The predicted octanol–water partition coefficient (Wildman–Crippen LogP) is 2.14. The number of urea groups is 1. The molecule has 2 aliphatic rings. The highest BCUT2D eigenvalue weighted by atomic mass is 16.6. The number of imide groups is 1. The highest BCUT2D eigenvalue weighted by molar-refractivity contribution is 6.08. The number of nitrogens with zero attached hydrogens (tertiary/aromatic N) is 2. The van der Waals surface area contributed by atoms with Gasteiger partial charge in [-0.1, -0.05) is 31.9 Å². The Labute approximate surface area is 155 Å². The molecule has 0 aromatic heterocycles. The van der Waals surface area contributed by atoms with E-state index in [1.807, 2.05) is 6.92 Å². The second kappa shape index (κ2) is 7.34. The third-order valence-electron chi connectivity index (χ3n) is 5.37. The number of rotatable bonds is 5. The molecule has 27 heavy (non-hydrogen) atoms. The van der Waals surface area contributed by atoms with Crippen molar-refractivity contribution < 1.29 is 24.0 Å². The van der Waals surface area contributed by atoms with Crippen molar-refractivity contribution in [2.75, 3.05) is 6.54 Å². The quantitative estimate of drug-likeness (QED) is 0.364. The van der Waals surface area contributed by atoms with Gasteiger partial charge in [-0.15, -0.1) is 0 Å². The Morgan fingerprint density at radius 1 is 1.37 bits per heavy atom. The van der Waals surface area contributed by atoms with Crippen molar-refractivity contribution in [2.24, 2.45) is 5.92 Å². The van der Waals surface area contributed by atoms with Crippen molar-refractivity contribution in [3.8, 4) is 0 Å². The Morgan fingerprint density at radius 3 is 2.81 bits per heavy atom. The number of esters is 1. The summed E-state index contributed by atoms with van der Waals surface area (Å²) in [5.74, 6) is -1.20. The van der Waals surface area contributed by atoms with Crippen molar-refractivity contribution >= 4 is 23.6 Å². The van der Waals surface area contributed by atoms with E-state index < -0.39 is 34.9 Å². The van der Waals surface area contributed by atoms with E-state index in [-0.39, 0.29) is 23.8 Å². The van der Waals surface area contributed by atoms with E-state index in [0.29, 0.717) is 6.42 Å². The SMILES string of the molecule is C[C@@H]1CCCC[C@@]12NC(=O)N(CC(=O)OCc1ccccc1[N+](=O)[O-])C2=O. The van der Waals surface area contributed by atoms with E-state index in [4.69, 9.17) is 4.74 Å². The molecule has 0 radical (unpaired) electrons. The molecule has 1 spiro atoms. The number of hydrogen-bond acceptors (Lipinski definition) is 6. The molecule has 0 unspecified atom stereocenters. The summed E-state index contributed by atoms with van der Waals surface area (Å²) in [7, 11) is 0. The molecule has 1 N–H and O–H groups in total. The summed E-state index contributed by atoms with van der Waals surface area (Å²) in [5, 5.41) is 13.8. The van der Waals surface area contributed by atoms with Crippen LogP contribution in [0.2, 0.25) is 0 Å². The van der Waals surface area contributed by atoms with Crippen molar-refractivity contribution in [2.45, 2.75) is 44.8 Å². The zero-order valence-corrected chi connectivity index (χ0v) is 15.0. The molecule has 3 amide bonds. The average Bonchev–Trinajstić information content (AvgIpc) is 2.87. The lowest BCUT2D eigenvalue weighted by molar-refractivity contribution is -0.385. The topological polar surface area (TPSA) is 119 Å². The predicted molar refractivity (Wildman–Crippen MR) is 93.5 cm³/mol. The number of ether oxygens (including phenoxy) is 1. The zero-order chi connectivity index (χ0) is 19.6. The van der Waals surface area contributed by atoms with E-state index in [0.717, 1.165) is 24.2 Å². The molecular weight excluding hydrogens is 354 g/mol. The molecule has 9 heteroatoms. The Hall–Kier alpha value is -2.97. The van der Waals surface area contributed by atoms with Gasteiger partial charge >= 0.3 is 12.0 Å². The maximum Gasteiger partial charge on any atom is 0.326 e. The van der Waals surface area contributed by atoms with E-state index in [1.54, 1.807) is 6.07 Å². The first-order valence-corrected chi connectivity index (χ1v) is 8.87. The van der Waals surface area contributed by atoms with Gasteiger partial charge in [0.1, 0.15) is 18.7 Å². The maximum atomic E-state index is 12.8. The lowest BCUT2D eigenvalue weighted by Gasteiger charge is -2.36. The summed E-state index contributed by atoms with van der Waals surface area (Å²) >= 11 is 0. The number of amides is 3. The Morgan fingerprint density at radius 2 is 2.11 bits per heavy atom. The van der Waals surface area contributed by atoms with Gasteiger partial charge in [0.25, 0.3) is 11.6 Å². The number of benzene rings is 1. The van der Waals surface area contributed by atoms with Gasteiger partial charge in [0.05, 0.1) is 10.5 Å². The van der Waals surface area contributed by atoms with Crippen LogP contribution in [-0.4, -0.2) is 39.8 Å². The number of carbonyl (C=O) groups is 3. The molecule has 2 atom stereocenters. The van der Waals surface area contributed by atoms with Crippen LogP contribution in [0.3, 0.4) is 0 Å². The van der Waals surface area contributed by atoms with Crippen LogP contribution >= 0.6 is 0 Å². The van der Waals surface area contributed by atoms with Crippen molar-refractivity contribution in [1.29, 1.82) is 0 Å². The molecule has 1 aliphatic heterocycles. The molecule has 2 fully saturated rings. The molecular formula is C18H21N3O6. The fraction of sp³-hybridized carbons (Fsp3) is 0.500. The fourth-order valence-corrected chi connectivity index (χ4v) is 3.78. The van der Waals surface area contributed by atoms with E-state index in [9.17, 15) is 24.5 Å². The molecule has 1 heterocycles. The fourth-order valence-electron chi connectivity index (χ4n) is 3.78. The van der Waals surface area contributed by atoms with Gasteiger partial charge in [-0.3, -0.25) is 24.6 Å². The highest BCUT2D eigenvalue weighted by Gasteiger charge is 2.55. The maximum absolute atomic E-state index is 12.8. The number of nitrogens with one attached hydrogen (secondary N) is 1. The van der Waals surface area contributed by atoms with Crippen molar-refractivity contribution in [3.63, 3.8) is 0 Å². The third-order valence-corrected chi connectivity index (χ3v) is 5.37. The number of hydrogen-bond donors (Lipinski definition) is 1. The summed E-state index contributed by atoms with van der Waals surface area (Å²) in [5.41, 5.74) is -0.853. The first kappa shape index (κ1) is 18.8. The molecule has 3 rings (SSSR count). The number of nitro benzene ring substituents is 1. The van der Waals surface area contributed by atoms with E-state index >= 15 is 0 Å². The van der Waals surface area contributed by atoms with Crippen LogP contribution in [0.4, 0.5) is 10.5 Å². The van der Waals surface area contributed by atoms with Crippen molar-refractivity contribution in [3.05, 3.63) is 39.9 Å². The summed E-state index contributed by atoms with van der Waals surface area (Å²) < 4.78 is 5.06. The normalized spacial score (nSPS) is 24.8. The molecule has 1 aromatic rings.